The fourth-order valence-corrected chi connectivity index (χ4v) is 4.12. The average molecular weight is 561 g/mol. The number of amides is 1. The third-order valence-corrected chi connectivity index (χ3v) is 7.04. The molecule has 0 radical (unpaired) electrons. The summed E-state index contributed by atoms with van der Waals surface area (Å²) in [4.78, 5) is 37.6. The first kappa shape index (κ1) is 31.9. The van der Waals surface area contributed by atoms with Gasteiger partial charge < -0.3 is 25.0 Å². The average Bonchev–Trinajstić information content (AvgIpc) is 2.84. The van der Waals surface area contributed by atoms with Crippen molar-refractivity contribution in [3.63, 3.8) is 0 Å². The first-order valence-corrected chi connectivity index (χ1v) is 13.6. The Balaban J connectivity index is 2.21. The molecule has 0 aromatic heterocycles. The van der Waals surface area contributed by atoms with E-state index >= 15 is 0 Å². The third-order valence-electron chi connectivity index (χ3n) is 6.35. The van der Waals surface area contributed by atoms with E-state index in [1.165, 1.54) is 13.0 Å². The van der Waals surface area contributed by atoms with Crippen molar-refractivity contribution in [2.45, 2.75) is 73.2 Å². The summed E-state index contributed by atoms with van der Waals surface area (Å²) in [6.45, 7) is 13.2. The van der Waals surface area contributed by atoms with Gasteiger partial charge in [0.2, 0.25) is 6.79 Å². The smallest absolute Gasteiger partial charge is 0.364 e. The minimum atomic E-state index is -1.44. The fourth-order valence-electron chi connectivity index (χ4n) is 3.86. The molecule has 10 heteroatoms. The second-order valence-corrected chi connectivity index (χ2v) is 12.4. The number of nitrogens with one attached hydrogen (secondary N) is 1. The minimum absolute atomic E-state index is 0.00692. The lowest BCUT2D eigenvalue weighted by Gasteiger charge is -2.22. The van der Waals surface area contributed by atoms with Crippen LogP contribution in [0.25, 0.3) is 0 Å². The zero-order valence-corrected chi connectivity index (χ0v) is 24.8. The van der Waals surface area contributed by atoms with Crippen molar-refractivity contribution in [3.05, 3.63) is 63.7 Å². The first-order chi connectivity index (χ1) is 18.0. The summed E-state index contributed by atoms with van der Waals surface area (Å²) in [5, 5.41) is 22.0. The number of phenolic OH excluding ortho intramolecular Hbond substituents is 1. The number of rotatable bonds is 10. The Hall–Kier alpha value is -3.29. The molecule has 0 bridgehead atoms. The van der Waals surface area contributed by atoms with Gasteiger partial charge in [-0.1, -0.05) is 24.5 Å². The SMILES string of the molecule is Cc1cc(C(C)(O)[PH+]=O)cc(C)c1Cc1ccc(O)c(C(=O)NC(C(=O)OCOC(=O)C(C)(C)C)C(C)C)c1. The lowest BCUT2D eigenvalue weighted by atomic mass is 9.92. The van der Waals surface area contributed by atoms with Gasteiger partial charge in [-0.3, -0.25) is 9.59 Å². The Bertz CT molecular complexity index is 1220. The van der Waals surface area contributed by atoms with Gasteiger partial charge in [-0.25, -0.2) is 4.79 Å². The van der Waals surface area contributed by atoms with E-state index in [4.69, 9.17) is 9.47 Å². The summed E-state index contributed by atoms with van der Waals surface area (Å²) in [5.41, 5.74) is 3.28. The molecule has 2 rings (SSSR count). The van der Waals surface area contributed by atoms with Crippen LogP contribution in [0, 0.1) is 25.2 Å². The molecule has 3 N–H and O–H groups in total. The van der Waals surface area contributed by atoms with E-state index in [1.807, 2.05) is 13.8 Å². The Labute approximate surface area is 231 Å². The Kier molecular flexibility index (Phi) is 10.4. The summed E-state index contributed by atoms with van der Waals surface area (Å²) in [5.74, 6) is -2.55. The molecule has 0 saturated heterocycles. The molecule has 0 heterocycles. The van der Waals surface area contributed by atoms with Gasteiger partial charge in [0.25, 0.3) is 11.2 Å². The number of carbonyl (C=O) groups is 3. The van der Waals surface area contributed by atoms with Crippen molar-refractivity contribution in [2.75, 3.05) is 6.79 Å². The van der Waals surface area contributed by atoms with Crippen LogP contribution >= 0.6 is 8.46 Å². The maximum atomic E-state index is 13.1. The number of aromatic hydroxyl groups is 1. The summed E-state index contributed by atoms with van der Waals surface area (Å²) >= 11 is 0. The zero-order valence-electron chi connectivity index (χ0n) is 23.8. The van der Waals surface area contributed by atoms with Gasteiger partial charge in [0.15, 0.2) is 0 Å². The summed E-state index contributed by atoms with van der Waals surface area (Å²) < 4.78 is 21.5. The molecule has 212 valence electrons. The van der Waals surface area contributed by atoms with Crippen LogP contribution in [0.3, 0.4) is 0 Å². The molecular formula is C29H39NO8P+. The highest BCUT2D eigenvalue weighted by molar-refractivity contribution is 7.25. The number of hydrogen-bond donors (Lipinski definition) is 3. The highest BCUT2D eigenvalue weighted by atomic mass is 31.1. The number of carbonyl (C=O) groups excluding carboxylic acids is 3. The van der Waals surface area contributed by atoms with Crippen molar-refractivity contribution in [3.8, 4) is 5.75 Å². The maximum absolute atomic E-state index is 13.1. The van der Waals surface area contributed by atoms with Crippen molar-refractivity contribution < 1.29 is 38.6 Å². The van der Waals surface area contributed by atoms with Crippen molar-refractivity contribution in [2.24, 2.45) is 11.3 Å². The molecule has 1 amide bonds. The Morgan fingerprint density at radius 1 is 1.00 bits per heavy atom. The van der Waals surface area contributed by atoms with Gasteiger partial charge in [-0.2, -0.15) is 0 Å². The van der Waals surface area contributed by atoms with E-state index in [9.17, 15) is 29.2 Å². The monoisotopic (exact) mass is 560 g/mol. The van der Waals surface area contributed by atoms with E-state index in [0.29, 0.717) is 12.0 Å². The molecule has 9 nitrogen and oxygen atoms in total. The number of aryl methyl sites for hydroxylation is 2. The standard InChI is InChI=1S/C29H38NO8P/c1-16(2)24(26(33)37-15-38-27(34)28(5,6)7)30-25(32)22-14-19(9-10-23(22)31)13-21-17(3)11-20(12-18(21)4)29(8,35)39-36/h9-12,14,16,24,31,35H,13,15H2,1-8H3,(H,30,32)/p+1. The van der Waals surface area contributed by atoms with Crippen molar-refractivity contribution in [1.29, 1.82) is 0 Å². The quantitative estimate of drug-likeness (QED) is 0.217. The van der Waals surface area contributed by atoms with E-state index in [2.05, 4.69) is 5.32 Å². The van der Waals surface area contributed by atoms with Crippen LogP contribution in [0.1, 0.15) is 79.7 Å². The Morgan fingerprint density at radius 2 is 1.59 bits per heavy atom. The van der Waals surface area contributed by atoms with Crippen LogP contribution in [0.5, 0.6) is 5.75 Å². The van der Waals surface area contributed by atoms with Gasteiger partial charge >= 0.3 is 20.4 Å². The number of aliphatic hydroxyl groups is 1. The molecule has 3 atom stereocenters. The van der Waals surface area contributed by atoms with Crippen LogP contribution in [0.4, 0.5) is 0 Å². The molecule has 0 aliphatic heterocycles. The maximum Gasteiger partial charge on any atom is 0.364 e. The number of esters is 2. The van der Waals surface area contributed by atoms with Gasteiger partial charge in [-0.15, -0.1) is 0 Å². The molecule has 0 spiro atoms. The third kappa shape index (κ3) is 8.35. The van der Waals surface area contributed by atoms with Gasteiger partial charge in [0.1, 0.15) is 11.8 Å². The van der Waals surface area contributed by atoms with Crippen LogP contribution in [0.2, 0.25) is 0 Å². The highest BCUT2D eigenvalue weighted by Crippen LogP contribution is 2.34. The molecule has 0 aliphatic rings. The molecule has 3 unspecified atom stereocenters. The first-order valence-electron chi connectivity index (χ1n) is 12.7. The van der Waals surface area contributed by atoms with Gasteiger partial charge in [0, 0.05) is 12.5 Å². The predicted molar refractivity (Wildman–Crippen MR) is 148 cm³/mol. The highest BCUT2D eigenvalue weighted by Gasteiger charge is 2.33. The van der Waals surface area contributed by atoms with Crippen LogP contribution in [-0.4, -0.2) is 40.9 Å². The molecule has 39 heavy (non-hydrogen) atoms. The van der Waals surface area contributed by atoms with Crippen LogP contribution in [-0.2, 0) is 35.4 Å². The number of phenols is 1. The minimum Gasteiger partial charge on any atom is -0.507 e. The normalized spacial score (nSPS) is 14.0. The molecule has 2 aromatic rings. The summed E-state index contributed by atoms with van der Waals surface area (Å²) in [6, 6.07) is 7.21. The Morgan fingerprint density at radius 3 is 2.10 bits per heavy atom. The van der Waals surface area contributed by atoms with Crippen LogP contribution < -0.4 is 5.32 Å². The van der Waals surface area contributed by atoms with E-state index in [0.717, 1.165) is 22.3 Å². The molecular weight excluding hydrogens is 521 g/mol. The van der Waals surface area contributed by atoms with E-state index in [1.54, 1.807) is 58.9 Å². The predicted octanol–water partition coefficient (Wildman–Crippen LogP) is 4.63. The summed E-state index contributed by atoms with van der Waals surface area (Å²) in [6.07, 6.45) is 0.440. The second-order valence-electron chi connectivity index (χ2n) is 11.2. The largest absolute Gasteiger partial charge is 0.507 e. The summed E-state index contributed by atoms with van der Waals surface area (Å²) in [7, 11) is -0.913. The zero-order chi connectivity index (χ0) is 29.7. The molecule has 0 saturated carbocycles. The van der Waals surface area contributed by atoms with Crippen LogP contribution in [0.15, 0.2) is 30.3 Å². The lowest BCUT2D eigenvalue weighted by Crippen LogP contribution is -2.45. The fraction of sp³-hybridized carbons (Fsp3) is 0.483. The van der Waals surface area contributed by atoms with Crippen molar-refractivity contribution >= 4 is 26.3 Å². The lowest BCUT2D eigenvalue weighted by molar-refractivity contribution is -0.174. The molecule has 0 aliphatic carbocycles. The van der Waals surface area contributed by atoms with Gasteiger partial charge in [0.05, 0.1) is 11.0 Å². The number of hydrogen-bond acceptors (Lipinski definition) is 8. The van der Waals surface area contributed by atoms with E-state index < -0.39 is 49.9 Å². The van der Waals surface area contributed by atoms with E-state index in [-0.39, 0.29) is 17.2 Å². The van der Waals surface area contributed by atoms with Crippen molar-refractivity contribution in [1.82, 2.24) is 5.32 Å². The second kappa shape index (κ2) is 12.7. The topological polar surface area (TPSA) is 139 Å². The van der Waals surface area contributed by atoms with Gasteiger partial charge in [-0.05, 0) is 93.5 Å². The number of ether oxygens (including phenoxy) is 2. The molecule has 0 fully saturated rings. The number of benzene rings is 2. The molecule has 2 aromatic carbocycles.